The van der Waals surface area contributed by atoms with Gasteiger partial charge in [-0.05, 0) is 50.1 Å². The topological polar surface area (TPSA) is 62.7 Å². The molecule has 1 unspecified atom stereocenters. The predicted octanol–water partition coefficient (Wildman–Crippen LogP) is 3.09. The molecular formula is C19H21ClN2O3. The summed E-state index contributed by atoms with van der Waals surface area (Å²) in [6.07, 6.45) is 2.89. The fourth-order valence-corrected chi connectivity index (χ4v) is 3.14. The highest BCUT2D eigenvalue weighted by molar-refractivity contribution is 6.30. The third-order valence-corrected chi connectivity index (χ3v) is 4.54. The van der Waals surface area contributed by atoms with E-state index in [-0.39, 0.29) is 19.1 Å². The van der Waals surface area contributed by atoms with Crippen molar-refractivity contribution in [1.29, 1.82) is 0 Å². The molecule has 25 heavy (non-hydrogen) atoms. The Morgan fingerprint density at radius 2 is 2.24 bits per heavy atom. The Morgan fingerprint density at radius 3 is 2.96 bits per heavy atom. The van der Waals surface area contributed by atoms with Crippen LogP contribution in [0, 0.1) is 6.92 Å². The van der Waals surface area contributed by atoms with Gasteiger partial charge in [0.05, 0.1) is 12.1 Å². The lowest BCUT2D eigenvalue weighted by Gasteiger charge is -2.39. The minimum atomic E-state index is -1.08. The number of hydrogen-bond donors (Lipinski definition) is 1. The molecule has 1 aromatic heterocycles. The van der Waals surface area contributed by atoms with Gasteiger partial charge < -0.3 is 14.7 Å². The molecule has 132 valence electrons. The Bertz CT molecular complexity index is 751. The first kappa shape index (κ1) is 17.7. The van der Waals surface area contributed by atoms with Crippen LogP contribution < -0.4 is 4.74 Å². The molecule has 2 aromatic rings. The smallest absolute Gasteiger partial charge is 0.255 e. The Balaban J connectivity index is 1.65. The summed E-state index contributed by atoms with van der Waals surface area (Å²) in [4.78, 5) is 18.5. The zero-order valence-electron chi connectivity index (χ0n) is 14.1. The third-order valence-electron chi connectivity index (χ3n) is 4.30. The third kappa shape index (κ3) is 4.50. The van der Waals surface area contributed by atoms with Crippen molar-refractivity contribution in [2.24, 2.45) is 0 Å². The highest BCUT2D eigenvalue weighted by Gasteiger charge is 2.36. The van der Waals surface area contributed by atoms with Crippen LogP contribution in [0.3, 0.4) is 0 Å². The van der Waals surface area contributed by atoms with Crippen molar-refractivity contribution in [3.05, 3.63) is 58.9 Å². The summed E-state index contributed by atoms with van der Waals surface area (Å²) in [6.45, 7) is 2.84. The number of pyridine rings is 1. The molecule has 1 saturated heterocycles. The van der Waals surface area contributed by atoms with E-state index < -0.39 is 5.60 Å². The van der Waals surface area contributed by atoms with Crippen LogP contribution >= 0.6 is 11.6 Å². The number of carbonyl (C=O) groups is 1. The zero-order valence-corrected chi connectivity index (χ0v) is 14.9. The number of amides is 1. The summed E-state index contributed by atoms with van der Waals surface area (Å²) in [6, 6.07) is 10.6. The van der Waals surface area contributed by atoms with Gasteiger partial charge in [-0.25, -0.2) is 0 Å². The standard InChI is InChI=1S/C19H21ClN2O3/c1-14-6-7-15(11-21-14)18(23)22-9-3-8-19(24,12-22)13-25-17-5-2-4-16(20)10-17/h2,4-7,10-11,24H,3,8-9,12-13H2,1H3. The molecule has 3 rings (SSSR count). The number of ether oxygens (including phenoxy) is 1. The van der Waals surface area contributed by atoms with Gasteiger partial charge in [-0.3, -0.25) is 9.78 Å². The van der Waals surface area contributed by atoms with Crippen molar-refractivity contribution in [3.8, 4) is 5.75 Å². The van der Waals surface area contributed by atoms with E-state index >= 15 is 0 Å². The second-order valence-electron chi connectivity index (χ2n) is 6.49. The molecule has 5 nitrogen and oxygen atoms in total. The number of aryl methyl sites for hydroxylation is 1. The summed E-state index contributed by atoms with van der Waals surface area (Å²) in [5.41, 5.74) is 0.321. The highest BCUT2D eigenvalue weighted by Crippen LogP contribution is 2.25. The predicted molar refractivity (Wildman–Crippen MR) is 96.0 cm³/mol. The number of rotatable bonds is 4. The van der Waals surface area contributed by atoms with Crippen LogP contribution in [0.25, 0.3) is 0 Å². The fraction of sp³-hybridized carbons (Fsp3) is 0.368. The molecule has 1 atom stereocenters. The van der Waals surface area contributed by atoms with Gasteiger partial charge in [-0.15, -0.1) is 0 Å². The van der Waals surface area contributed by atoms with Gasteiger partial charge in [0.25, 0.3) is 5.91 Å². The number of piperidine rings is 1. The molecule has 1 fully saturated rings. The fourth-order valence-electron chi connectivity index (χ4n) is 2.95. The maximum absolute atomic E-state index is 12.6. The monoisotopic (exact) mass is 360 g/mol. The average Bonchev–Trinajstić information content (AvgIpc) is 2.60. The van der Waals surface area contributed by atoms with Gasteiger partial charge in [0.1, 0.15) is 18.0 Å². The van der Waals surface area contributed by atoms with E-state index in [1.54, 1.807) is 41.4 Å². The zero-order chi connectivity index (χ0) is 17.9. The SMILES string of the molecule is Cc1ccc(C(=O)N2CCCC(O)(COc3cccc(Cl)c3)C2)cn1. The lowest BCUT2D eigenvalue weighted by atomic mass is 9.93. The van der Waals surface area contributed by atoms with Gasteiger partial charge >= 0.3 is 0 Å². The minimum absolute atomic E-state index is 0.114. The normalized spacial score (nSPS) is 20.4. The molecule has 0 saturated carbocycles. The van der Waals surface area contributed by atoms with E-state index in [1.165, 1.54) is 0 Å². The Hall–Kier alpha value is -2.11. The van der Waals surface area contributed by atoms with Gasteiger partial charge in [0, 0.05) is 23.5 Å². The number of β-amino-alcohol motifs (C(OH)–C–C–N with tert-alkyl or cyclic N) is 1. The molecule has 1 aliphatic rings. The Labute approximate surface area is 152 Å². The Kier molecular flexibility index (Phi) is 5.25. The van der Waals surface area contributed by atoms with Gasteiger partial charge in [0.2, 0.25) is 0 Å². The van der Waals surface area contributed by atoms with E-state index in [1.807, 2.05) is 13.0 Å². The molecular weight excluding hydrogens is 340 g/mol. The van der Waals surface area contributed by atoms with Crippen molar-refractivity contribution < 1.29 is 14.6 Å². The Morgan fingerprint density at radius 1 is 1.40 bits per heavy atom. The van der Waals surface area contributed by atoms with Crippen LogP contribution in [0.1, 0.15) is 28.9 Å². The van der Waals surface area contributed by atoms with E-state index in [4.69, 9.17) is 16.3 Å². The lowest BCUT2D eigenvalue weighted by Crippen LogP contribution is -2.53. The average molecular weight is 361 g/mol. The quantitative estimate of drug-likeness (QED) is 0.910. The number of likely N-dealkylation sites (tertiary alicyclic amines) is 1. The van der Waals surface area contributed by atoms with Crippen molar-refractivity contribution in [2.75, 3.05) is 19.7 Å². The number of nitrogens with zero attached hydrogens (tertiary/aromatic N) is 2. The van der Waals surface area contributed by atoms with E-state index in [0.29, 0.717) is 29.3 Å². The van der Waals surface area contributed by atoms with E-state index in [9.17, 15) is 9.90 Å². The van der Waals surface area contributed by atoms with Crippen LogP contribution in [0.5, 0.6) is 5.75 Å². The first-order valence-corrected chi connectivity index (χ1v) is 8.66. The largest absolute Gasteiger partial charge is 0.490 e. The second-order valence-corrected chi connectivity index (χ2v) is 6.93. The van der Waals surface area contributed by atoms with Crippen molar-refractivity contribution in [2.45, 2.75) is 25.4 Å². The van der Waals surface area contributed by atoms with Crippen LogP contribution in [0.4, 0.5) is 0 Å². The summed E-state index contributed by atoms with van der Waals surface area (Å²) in [7, 11) is 0. The van der Waals surface area contributed by atoms with Gasteiger partial charge in [-0.1, -0.05) is 17.7 Å². The number of hydrogen-bond acceptors (Lipinski definition) is 4. The second kappa shape index (κ2) is 7.42. The summed E-state index contributed by atoms with van der Waals surface area (Å²) < 4.78 is 5.69. The van der Waals surface area contributed by atoms with Crippen LogP contribution in [0.15, 0.2) is 42.6 Å². The van der Waals surface area contributed by atoms with Crippen molar-refractivity contribution in [1.82, 2.24) is 9.88 Å². The van der Waals surface area contributed by atoms with Crippen LogP contribution in [-0.4, -0.2) is 46.2 Å². The van der Waals surface area contributed by atoms with Crippen molar-refractivity contribution >= 4 is 17.5 Å². The molecule has 6 heteroatoms. The maximum Gasteiger partial charge on any atom is 0.255 e. The van der Waals surface area contributed by atoms with E-state index in [0.717, 1.165) is 12.1 Å². The summed E-state index contributed by atoms with van der Waals surface area (Å²) >= 11 is 5.94. The number of carbonyl (C=O) groups excluding carboxylic acids is 1. The lowest BCUT2D eigenvalue weighted by molar-refractivity contribution is -0.0532. The van der Waals surface area contributed by atoms with Crippen LogP contribution in [0.2, 0.25) is 5.02 Å². The van der Waals surface area contributed by atoms with Crippen molar-refractivity contribution in [3.63, 3.8) is 0 Å². The van der Waals surface area contributed by atoms with Crippen LogP contribution in [-0.2, 0) is 0 Å². The van der Waals surface area contributed by atoms with Gasteiger partial charge in [-0.2, -0.15) is 0 Å². The molecule has 1 aliphatic heterocycles. The molecule has 0 aliphatic carbocycles. The molecule has 0 radical (unpaired) electrons. The number of halogens is 1. The van der Waals surface area contributed by atoms with E-state index in [2.05, 4.69) is 4.98 Å². The highest BCUT2D eigenvalue weighted by atomic mass is 35.5. The molecule has 0 bridgehead atoms. The first-order chi connectivity index (χ1) is 12.0. The molecule has 2 heterocycles. The summed E-state index contributed by atoms with van der Waals surface area (Å²) in [5, 5.41) is 11.4. The molecule has 1 N–H and O–H groups in total. The minimum Gasteiger partial charge on any atom is -0.490 e. The maximum atomic E-state index is 12.6. The van der Waals surface area contributed by atoms with Gasteiger partial charge in [0.15, 0.2) is 0 Å². The molecule has 1 amide bonds. The number of aliphatic hydroxyl groups is 1. The summed E-state index contributed by atoms with van der Waals surface area (Å²) in [5.74, 6) is 0.487. The molecule has 1 aromatic carbocycles. The number of aromatic nitrogens is 1. The first-order valence-electron chi connectivity index (χ1n) is 8.28. The number of benzene rings is 1. The molecule has 0 spiro atoms.